The van der Waals surface area contributed by atoms with Crippen molar-refractivity contribution in [1.82, 2.24) is 10.0 Å². The van der Waals surface area contributed by atoms with Crippen molar-refractivity contribution >= 4 is 25.7 Å². The molecule has 0 heterocycles. The number of hydrogen-bond donors (Lipinski definition) is 3. The van der Waals surface area contributed by atoms with Gasteiger partial charge in [-0.3, -0.25) is 4.72 Å². The van der Waals surface area contributed by atoms with Crippen LogP contribution < -0.4 is 14.8 Å². The van der Waals surface area contributed by atoms with Gasteiger partial charge in [-0.1, -0.05) is 6.92 Å². The maximum absolute atomic E-state index is 14.0. The van der Waals surface area contributed by atoms with E-state index in [1.165, 1.54) is 13.8 Å². The van der Waals surface area contributed by atoms with Crippen LogP contribution in [-0.2, 0) is 20.0 Å². The molecule has 0 saturated carbocycles. The molecule has 0 saturated heterocycles. The summed E-state index contributed by atoms with van der Waals surface area (Å²) in [5.41, 5.74) is -0.287. The zero-order chi connectivity index (χ0) is 17.7. The average molecular weight is 367 g/mol. The number of hydrogen-bond acceptors (Lipinski definition) is 5. The Kier molecular flexibility index (Phi) is 6.93. The predicted octanol–water partition coefficient (Wildman–Crippen LogP) is 0.864. The van der Waals surface area contributed by atoms with E-state index in [0.29, 0.717) is 13.1 Å². The van der Waals surface area contributed by atoms with Gasteiger partial charge >= 0.3 is 0 Å². The minimum atomic E-state index is -3.85. The van der Waals surface area contributed by atoms with Crippen LogP contribution in [-0.4, -0.2) is 41.7 Å². The molecule has 7 nitrogen and oxygen atoms in total. The topological polar surface area (TPSA) is 104 Å². The summed E-state index contributed by atoms with van der Waals surface area (Å²) in [6.07, 6.45) is 0. The van der Waals surface area contributed by atoms with Gasteiger partial charge in [0.05, 0.1) is 15.8 Å². The normalized spacial score (nSPS) is 12.6. The Bertz CT molecular complexity index is 734. The Morgan fingerprint density at radius 3 is 2.30 bits per heavy atom. The van der Waals surface area contributed by atoms with Crippen molar-refractivity contribution in [3.63, 3.8) is 0 Å². The van der Waals surface area contributed by atoms with Gasteiger partial charge < -0.3 is 5.32 Å². The van der Waals surface area contributed by atoms with Gasteiger partial charge in [-0.05, 0) is 38.6 Å². The van der Waals surface area contributed by atoms with E-state index in [4.69, 9.17) is 0 Å². The zero-order valence-electron chi connectivity index (χ0n) is 13.3. The lowest BCUT2D eigenvalue weighted by molar-refractivity contribution is 0.574. The van der Waals surface area contributed by atoms with Gasteiger partial charge in [0.25, 0.3) is 0 Å². The fourth-order valence-electron chi connectivity index (χ4n) is 1.55. The third-order valence-corrected chi connectivity index (χ3v) is 6.17. The van der Waals surface area contributed by atoms with Crippen molar-refractivity contribution in [3.8, 4) is 0 Å². The molecule has 0 radical (unpaired) electrons. The standard InChI is InChI=1S/C13H22FN3O4S2/c1-4-15-7-8-16-23(20,21)11-5-6-13(12(14)9-11)17-22(18,19)10(2)3/h5-6,9-10,15-17H,4,7-8H2,1-3H3. The van der Waals surface area contributed by atoms with Crippen LogP contribution in [0, 0.1) is 5.82 Å². The molecular formula is C13H22FN3O4S2. The van der Waals surface area contributed by atoms with Crippen molar-refractivity contribution in [3.05, 3.63) is 24.0 Å². The molecule has 0 spiro atoms. The number of nitrogens with one attached hydrogen (secondary N) is 3. The smallest absolute Gasteiger partial charge is 0.240 e. The molecule has 0 bridgehead atoms. The minimum absolute atomic E-state index is 0.166. The number of anilines is 1. The summed E-state index contributed by atoms with van der Waals surface area (Å²) < 4.78 is 65.9. The first kappa shape index (κ1) is 19.8. The summed E-state index contributed by atoms with van der Waals surface area (Å²) in [5, 5.41) is 2.21. The van der Waals surface area contributed by atoms with Gasteiger partial charge in [0, 0.05) is 13.1 Å². The Morgan fingerprint density at radius 1 is 1.13 bits per heavy atom. The van der Waals surface area contributed by atoms with E-state index in [-0.39, 0.29) is 17.1 Å². The molecule has 1 aromatic rings. The number of halogens is 1. The van der Waals surface area contributed by atoms with E-state index >= 15 is 0 Å². The molecule has 23 heavy (non-hydrogen) atoms. The third kappa shape index (κ3) is 5.72. The summed E-state index contributed by atoms with van der Waals surface area (Å²) in [7, 11) is -7.55. The highest BCUT2D eigenvalue weighted by Gasteiger charge is 2.20. The maximum Gasteiger partial charge on any atom is 0.240 e. The predicted molar refractivity (Wildman–Crippen MR) is 87.8 cm³/mol. The molecule has 0 atom stereocenters. The van der Waals surface area contributed by atoms with Crippen molar-refractivity contribution < 1.29 is 21.2 Å². The second-order valence-corrected chi connectivity index (χ2v) is 9.09. The first-order valence-corrected chi connectivity index (χ1v) is 10.1. The number of sulfonamides is 2. The SMILES string of the molecule is CCNCCNS(=O)(=O)c1ccc(NS(=O)(=O)C(C)C)c(F)c1. The molecule has 0 aromatic heterocycles. The summed E-state index contributed by atoms with van der Waals surface area (Å²) in [6.45, 7) is 6.12. The van der Waals surface area contributed by atoms with Crippen LogP contribution in [0.4, 0.5) is 10.1 Å². The highest BCUT2D eigenvalue weighted by atomic mass is 32.2. The summed E-state index contributed by atoms with van der Waals surface area (Å²) in [5.74, 6) is -0.955. The Labute approximate surface area is 136 Å². The van der Waals surface area contributed by atoms with E-state index in [0.717, 1.165) is 18.2 Å². The molecule has 0 amide bonds. The molecule has 0 aliphatic carbocycles. The van der Waals surface area contributed by atoms with E-state index < -0.39 is 31.1 Å². The van der Waals surface area contributed by atoms with Gasteiger partial charge in [0.2, 0.25) is 20.0 Å². The molecule has 0 aliphatic rings. The van der Waals surface area contributed by atoms with Gasteiger partial charge in [-0.2, -0.15) is 0 Å². The van der Waals surface area contributed by atoms with Crippen LogP contribution in [0.2, 0.25) is 0 Å². The summed E-state index contributed by atoms with van der Waals surface area (Å²) >= 11 is 0. The van der Waals surface area contributed by atoms with E-state index in [2.05, 4.69) is 14.8 Å². The molecular weight excluding hydrogens is 345 g/mol. The quantitative estimate of drug-likeness (QED) is 0.562. The Hall–Kier alpha value is -1.23. The second kappa shape index (κ2) is 8.04. The summed E-state index contributed by atoms with van der Waals surface area (Å²) in [6, 6.07) is 3.03. The molecule has 1 rings (SSSR count). The zero-order valence-corrected chi connectivity index (χ0v) is 14.9. The van der Waals surface area contributed by atoms with Crippen LogP contribution in [0.5, 0.6) is 0 Å². The number of rotatable bonds is 9. The minimum Gasteiger partial charge on any atom is -0.316 e. The molecule has 10 heteroatoms. The maximum atomic E-state index is 14.0. The molecule has 0 unspecified atom stereocenters. The third-order valence-electron chi connectivity index (χ3n) is 2.97. The van der Waals surface area contributed by atoms with Crippen LogP contribution >= 0.6 is 0 Å². The molecule has 0 fully saturated rings. The lowest BCUT2D eigenvalue weighted by Crippen LogP contribution is -2.31. The highest BCUT2D eigenvalue weighted by Crippen LogP contribution is 2.20. The van der Waals surface area contributed by atoms with Crippen molar-refractivity contribution in [2.24, 2.45) is 0 Å². The Balaban J connectivity index is 2.91. The lowest BCUT2D eigenvalue weighted by Gasteiger charge is -2.12. The average Bonchev–Trinajstić information content (AvgIpc) is 2.45. The van der Waals surface area contributed by atoms with Crippen LogP contribution in [0.25, 0.3) is 0 Å². The van der Waals surface area contributed by atoms with E-state index in [1.807, 2.05) is 6.92 Å². The molecule has 1 aromatic carbocycles. The summed E-state index contributed by atoms with van der Waals surface area (Å²) in [4.78, 5) is -0.265. The molecule has 0 aliphatic heterocycles. The van der Waals surface area contributed by atoms with Gasteiger partial charge in [-0.25, -0.2) is 25.9 Å². The lowest BCUT2D eigenvalue weighted by atomic mass is 10.3. The van der Waals surface area contributed by atoms with E-state index in [9.17, 15) is 21.2 Å². The highest BCUT2D eigenvalue weighted by molar-refractivity contribution is 7.93. The van der Waals surface area contributed by atoms with Crippen LogP contribution in [0.15, 0.2) is 23.1 Å². The first-order chi connectivity index (χ1) is 10.6. The largest absolute Gasteiger partial charge is 0.316 e. The van der Waals surface area contributed by atoms with Crippen molar-refractivity contribution in [1.29, 1.82) is 0 Å². The second-order valence-electron chi connectivity index (χ2n) is 5.09. The van der Waals surface area contributed by atoms with Crippen LogP contribution in [0.3, 0.4) is 0 Å². The van der Waals surface area contributed by atoms with E-state index in [1.54, 1.807) is 0 Å². The molecule has 132 valence electrons. The van der Waals surface area contributed by atoms with Gasteiger partial charge in [-0.15, -0.1) is 0 Å². The van der Waals surface area contributed by atoms with Gasteiger partial charge in [0.15, 0.2) is 0 Å². The molecule has 3 N–H and O–H groups in total. The van der Waals surface area contributed by atoms with Gasteiger partial charge in [0.1, 0.15) is 5.82 Å². The monoisotopic (exact) mass is 367 g/mol. The van der Waals surface area contributed by atoms with Crippen LogP contribution in [0.1, 0.15) is 20.8 Å². The fourth-order valence-corrected chi connectivity index (χ4v) is 3.30. The van der Waals surface area contributed by atoms with Crippen molar-refractivity contribution in [2.45, 2.75) is 30.9 Å². The fraction of sp³-hybridized carbons (Fsp3) is 0.538. The van der Waals surface area contributed by atoms with Crippen molar-refractivity contribution in [2.75, 3.05) is 24.4 Å². The number of likely N-dealkylation sites (N-methyl/N-ethyl adjacent to an activating group) is 1. The number of benzene rings is 1. The Morgan fingerprint density at radius 2 is 1.78 bits per heavy atom. The first-order valence-electron chi connectivity index (χ1n) is 7.11.